The summed E-state index contributed by atoms with van der Waals surface area (Å²) in [7, 11) is 0. The third kappa shape index (κ3) is 3.53. The molecule has 0 unspecified atom stereocenters. The molecule has 0 radical (unpaired) electrons. The minimum atomic E-state index is 0.484. The predicted molar refractivity (Wildman–Crippen MR) is 96.6 cm³/mol. The smallest absolute Gasteiger partial charge is 0.243 e. The van der Waals surface area contributed by atoms with E-state index in [4.69, 9.17) is 0 Å². The van der Waals surface area contributed by atoms with E-state index in [0.29, 0.717) is 12.5 Å². The summed E-state index contributed by atoms with van der Waals surface area (Å²) in [5.74, 6) is 0.484. The van der Waals surface area contributed by atoms with E-state index < -0.39 is 0 Å². The number of aromatic amines is 1. The molecule has 122 valence electrons. The molecule has 2 aromatic carbocycles. The first-order chi connectivity index (χ1) is 12.4. The molecule has 0 saturated heterocycles. The molecule has 0 aliphatic carbocycles. The molecule has 0 spiro atoms. The number of nitrogens with one attached hydrogen (secondary N) is 2. The normalized spacial score (nSPS) is 10.6. The number of nitrogens with zero attached hydrogens (tertiary/aromatic N) is 4. The second kappa shape index (κ2) is 6.92. The minimum absolute atomic E-state index is 0.484. The Kier molecular flexibility index (Phi) is 4.16. The topological polar surface area (TPSA) is 79.4 Å². The molecular formula is C19H16N6. The highest BCUT2D eigenvalue weighted by molar-refractivity contribution is 5.60. The Hall–Kier alpha value is -3.54. The Morgan fingerprint density at radius 3 is 2.24 bits per heavy atom. The molecule has 6 nitrogen and oxygen atoms in total. The van der Waals surface area contributed by atoms with E-state index >= 15 is 0 Å². The van der Waals surface area contributed by atoms with Crippen molar-refractivity contribution >= 4 is 5.95 Å². The molecule has 2 aromatic heterocycles. The first-order valence-electron chi connectivity index (χ1n) is 7.97. The fraction of sp³-hybridized carbons (Fsp3) is 0.0526. The van der Waals surface area contributed by atoms with Gasteiger partial charge in [0.15, 0.2) is 0 Å². The monoisotopic (exact) mass is 328 g/mol. The SMILES string of the molecule is c1ccc(-c2cc(CNc3nncc(-c4ccccc4)n3)[nH]n2)cc1. The van der Waals surface area contributed by atoms with Crippen LogP contribution < -0.4 is 5.32 Å². The fourth-order valence-corrected chi connectivity index (χ4v) is 2.51. The van der Waals surface area contributed by atoms with Crippen LogP contribution in [0.2, 0.25) is 0 Å². The highest BCUT2D eigenvalue weighted by atomic mass is 15.2. The third-order valence-corrected chi connectivity index (χ3v) is 3.77. The van der Waals surface area contributed by atoms with Gasteiger partial charge in [-0.15, -0.1) is 5.10 Å². The Morgan fingerprint density at radius 1 is 0.840 bits per heavy atom. The molecule has 0 saturated carbocycles. The quantitative estimate of drug-likeness (QED) is 0.586. The van der Waals surface area contributed by atoms with Crippen molar-refractivity contribution < 1.29 is 0 Å². The van der Waals surface area contributed by atoms with E-state index in [1.54, 1.807) is 6.20 Å². The zero-order valence-electron chi connectivity index (χ0n) is 13.4. The highest BCUT2D eigenvalue weighted by Crippen LogP contribution is 2.18. The van der Waals surface area contributed by atoms with Gasteiger partial charge in [0.25, 0.3) is 0 Å². The van der Waals surface area contributed by atoms with E-state index in [1.165, 1.54) is 0 Å². The van der Waals surface area contributed by atoms with Crippen molar-refractivity contribution in [1.29, 1.82) is 0 Å². The maximum atomic E-state index is 4.50. The second-order valence-electron chi connectivity index (χ2n) is 5.53. The Bertz CT molecular complexity index is 950. The summed E-state index contributed by atoms with van der Waals surface area (Å²) in [6, 6.07) is 22.0. The van der Waals surface area contributed by atoms with Crippen molar-refractivity contribution in [1.82, 2.24) is 25.4 Å². The van der Waals surface area contributed by atoms with Crippen LogP contribution in [0.1, 0.15) is 5.69 Å². The molecule has 25 heavy (non-hydrogen) atoms. The van der Waals surface area contributed by atoms with E-state index in [1.807, 2.05) is 66.7 Å². The number of hydrogen-bond donors (Lipinski definition) is 2. The number of H-pyrrole nitrogens is 1. The zero-order valence-corrected chi connectivity index (χ0v) is 13.4. The lowest BCUT2D eigenvalue weighted by atomic mass is 10.1. The number of aromatic nitrogens is 5. The van der Waals surface area contributed by atoms with Gasteiger partial charge in [-0.2, -0.15) is 10.2 Å². The molecule has 0 aliphatic heterocycles. The van der Waals surface area contributed by atoms with Gasteiger partial charge in [0.2, 0.25) is 5.95 Å². The summed E-state index contributed by atoms with van der Waals surface area (Å²) in [5, 5.41) is 18.6. The lowest BCUT2D eigenvalue weighted by molar-refractivity contribution is 0.923. The number of anilines is 1. The van der Waals surface area contributed by atoms with Crippen LogP contribution in [0.15, 0.2) is 72.9 Å². The molecule has 0 amide bonds. The molecule has 6 heteroatoms. The van der Waals surface area contributed by atoms with Crippen LogP contribution in [0.25, 0.3) is 22.5 Å². The van der Waals surface area contributed by atoms with Gasteiger partial charge in [0.1, 0.15) is 0 Å². The number of benzene rings is 2. The van der Waals surface area contributed by atoms with Gasteiger partial charge in [-0.3, -0.25) is 5.10 Å². The zero-order chi connectivity index (χ0) is 16.9. The van der Waals surface area contributed by atoms with Gasteiger partial charge in [-0.05, 0) is 6.07 Å². The molecule has 0 atom stereocenters. The molecule has 2 heterocycles. The van der Waals surface area contributed by atoms with Gasteiger partial charge < -0.3 is 5.32 Å². The van der Waals surface area contributed by atoms with E-state index in [2.05, 4.69) is 30.7 Å². The summed E-state index contributed by atoms with van der Waals surface area (Å²) in [5.41, 5.74) is 4.73. The molecule has 4 aromatic rings. The lowest BCUT2D eigenvalue weighted by Gasteiger charge is -2.04. The number of rotatable bonds is 5. The lowest BCUT2D eigenvalue weighted by Crippen LogP contribution is -2.05. The van der Waals surface area contributed by atoms with Crippen LogP contribution >= 0.6 is 0 Å². The van der Waals surface area contributed by atoms with Crippen LogP contribution in [0.3, 0.4) is 0 Å². The molecule has 4 rings (SSSR count). The van der Waals surface area contributed by atoms with E-state index in [0.717, 1.165) is 28.2 Å². The van der Waals surface area contributed by atoms with Crippen LogP contribution in [0, 0.1) is 0 Å². The van der Waals surface area contributed by atoms with Gasteiger partial charge in [-0.1, -0.05) is 60.7 Å². The molecule has 0 bridgehead atoms. The Labute approximate surface area is 145 Å². The van der Waals surface area contributed by atoms with Crippen LogP contribution in [0.4, 0.5) is 5.95 Å². The van der Waals surface area contributed by atoms with Gasteiger partial charge in [0.05, 0.1) is 29.8 Å². The third-order valence-electron chi connectivity index (χ3n) is 3.77. The van der Waals surface area contributed by atoms with Crippen molar-refractivity contribution in [2.45, 2.75) is 6.54 Å². The van der Waals surface area contributed by atoms with Crippen LogP contribution in [0.5, 0.6) is 0 Å². The van der Waals surface area contributed by atoms with Crippen LogP contribution in [-0.4, -0.2) is 25.4 Å². The van der Waals surface area contributed by atoms with Crippen molar-refractivity contribution in [3.8, 4) is 22.5 Å². The molecule has 0 fully saturated rings. The summed E-state index contributed by atoms with van der Waals surface area (Å²) >= 11 is 0. The van der Waals surface area contributed by atoms with Crippen molar-refractivity contribution in [2.24, 2.45) is 0 Å². The molecular weight excluding hydrogens is 312 g/mol. The largest absolute Gasteiger partial charge is 0.347 e. The summed E-state index contributed by atoms with van der Waals surface area (Å²) in [6.07, 6.45) is 1.66. The van der Waals surface area contributed by atoms with Gasteiger partial charge in [-0.25, -0.2) is 4.98 Å². The fourth-order valence-electron chi connectivity index (χ4n) is 2.51. The van der Waals surface area contributed by atoms with E-state index in [-0.39, 0.29) is 0 Å². The first kappa shape index (κ1) is 15.0. The Morgan fingerprint density at radius 2 is 1.52 bits per heavy atom. The van der Waals surface area contributed by atoms with Crippen molar-refractivity contribution in [2.75, 3.05) is 5.32 Å². The maximum absolute atomic E-state index is 4.50. The second-order valence-corrected chi connectivity index (χ2v) is 5.53. The molecule has 2 N–H and O–H groups in total. The standard InChI is InChI=1S/C19H16N6/c1-3-7-14(8-4-1)17-11-16(23-24-17)12-20-19-22-18(13-21-25-19)15-9-5-2-6-10-15/h1-11,13H,12H2,(H,23,24)(H,20,22,25). The summed E-state index contributed by atoms with van der Waals surface area (Å²) < 4.78 is 0. The predicted octanol–water partition coefficient (Wildman–Crippen LogP) is 3.54. The van der Waals surface area contributed by atoms with Crippen molar-refractivity contribution in [3.05, 3.63) is 78.6 Å². The highest BCUT2D eigenvalue weighted by Gasteiger charge is 2.06. The van der Waals surface area contributed by atoms with Crippen molar-refractivity contribution in [3.63, 3.8) is 0 Å². The molecule has 0 aliphatic rings. The van der Waals surface area contributed by atoms with Gasteiger partial charge in [0, 0.05) is 11.1 Å². The van der Waals surface area contributed by atoms with Crippen LogP contribution in [-0.2, 0) is 6.54 Å². The maximum Gasteiger partial charge on any atom is 0.243 e. The number of hydrogen-bond acceptors (Lipinski definition) is 5. The first-order valence-corrected chi connectivity index (χ1v) is 7.97. The average molecular weight is 328 g/mol. The average Bonchev–Trinajstić information content (AvgIpc) is 3.17. The van der Waals surface area contributed by atoms with Gasteiger partial charge >= 0.3 is 0 Å². The Balaban J connectivity index is 1.46. The van der Waals surface area contributed by atoms with E-state index in [9.17, 15) is 0 Å². The summed E-state index contributed by atoms with van der Waals surface area (Å²) in [6.45, 7) is 0.541. The summed E-state index contributed by atoms with van der Waals surface area (Å²) in [4.78, 5) is 4.50. The minimum Gasteiger partial charge on any atom is -0.347 e.